The summed E-state index contributed by atoms with van der Waals surface area (Å²) in [4.78, 5) is 81.6. The number of aryl methyl sites for hydroxylation is 6. The predicted octanol–water partition coefficient (Wildman–Crippen LogP) is 23.4. The molecule has 0 spiro atoms. The zero-order valence-electron chi connectivity index (χ0n) is 87.4. The lowest BCUT2D eigenvalue weighted by Crippen LogP contribution is -2.21. The monoisotopic (exact) mass is 2120 g/mol. The standard InChI is InChI=1S/C22H29O2P.2C19H22FO2P.C16H16FO2P.2C15H14FO2P.C14H12FO2P/c1-14(23)16-10-8-9-11-18(16)25-19-13-15(21(2,3)4)12-17(20(19)24)22(5,6)7;1-11-8-13(19(3,4)5)9-17(18(11)22)23-16-7-6-14(20)10-15(16)12(2)21;1-11-8-15(19(3,4)5)18(22)17(9-11)23-16-7-6-13(20)10-14(16)12(2)21;1-9-6-10(2)16(19)15(7-9)20-14-5-4-12(17)8-13(14)11(3)18;1-9-3-5-13(18)15(7-9)19-14-6-4-11(16)8-12(14)10(2)17;1-9-4-3-5-14(15(9)18)19-13-7-6-11(16)8-12(13)10(2)17;1-9(16)11-8-10(15)6-7-13(11)18-14-5-3-2-4-12(14)17/h8-13,24-25H,1-7H3;2*6-10,22-23H,1-5H3;4-8,19-20H,1-3H3;2*3-8,18-19H,1-2H3;2-8,17-18H,1H3. The van der Waals surface area contributed by atoms with Crippen molar-refractivity contribution in [2.24, 2.45) is 0 Å². The van der Waals surface area contributed by atoms with Gasteiger partial charge in [0.2, 0.25) is 0 Å². The van der Waals surface area contributed by atoms with Crippen LogP contribution in [0.2, 0.25) is 0 Å². The maximum Gasteiger partial charge on any atom is 0.160 e. The molecular formula is C120H129F6O14P7. The third-order valence-corrected chi connectivity index (χ3v) is 32.7. The van der Waals surface area contributed by atoms with E-state index in [4.69, 9.17) is 0 Å². The van der Waals surface area contributed by atoms with Crippen LogP contribution in [-0.4, -0.2) is 76.2 Å². The van der Waals surface area contributed by atoms with Crippen molar-refractivity contribution in [3.05, 3.63) is 372 Å². The van der Waals surface area contributed by atoms with Crippen molar-refractivity contribution in [1.82, 2.24) is 0 Å². The molecule has 0 saturated carbocycles. The highest BCUT2D eigenvalue weighted by Crippen LogP contribution is 2.40. The number of hydrogen-bond acceptors (Lipinski definition) is 14. The second-order valence-corrected chi connectivity index (χ2v) is 49.0. The minimum Gasteiger partial charge on any atom is -0.507 e. The van der Waals surface area contributed by atoms with Gasteiger partial charge in [0.05, 0.1) is 0 Å². The largest absolute Gasteiger partial charge is 0.507 e. The van der Waals surface area contributed by atoms with Crippen molar-refractivity contribution >= 4 is 175 Å². The quantitative estimate of drug-likeness (QED) is 0.0201. The van der Waals surface area contributed by atoms with Crippen molar-refractivity contribution in [2.75, 3.05) is 0 Å². The van der Waals surface area contributed by atoms with Gasteiger partial charge in [-0.1, -0.05) is 276 Å². The molecule has 27 heteroatoms. The van der Waals surface area contributed by atoms with E-state index in [1.165, 1.54) is 120 Å². The Morgan fingerprint density at radius 3 is 0.816 bits per heavy atom. The van der Waals surface area contributed by atoms with Crippen molar-refractivity contribution < 1.29 is 95.6 Å². The molecular weight excluding hydrogens is 2000 g/mol. The summed E-state index contributed by atoms with van der Waals surface area (Å²) in [5.74, 6) is -1.78. The summed E-state index contributed by atoms with van der Waals surface area (Å²) in [6.07, 6.45) is 0. The number of halogens is 6. The molecule has 0 aliphatic rings. The molecule has 0 amide bonds. The molecule has 7 atom stereocenters. The Labute approximate surface area is 871 Å². The molecule has 7 N–H and O–H groups in total. The minimum absolute atomic E-state index is 0.00692. The molecule has 7 unspecified atom stereocenters. The van der Waals surface area contributed by atoms with Crippen LogP contribution in [0.1, 0.15) is 260 Å². The van der Waals surface area contributed by atoms with Crippen LogP contribution in [0, 0.1) is 76.4 Å². The van der Waals surface area contributed by atoms with Crippen LogP contribution >= 0.6 is 60.1 Å². The summed E-state index contributed by atoms with van der Waals surface area (Å²) in [5.41, 5.74) is 12.3. The summed E-state index contributed by atoms with van der Waals surface area (Å²) >= 11 is 0. The Kier molecular flexibility index (Phi) is 43.1. The van der Waals surface area contributed by atoms with Crippen LogP contribution in [0.4, 0.5) is 26.3 Å². The fraction of sp³-hybridized carbons (Fsp3) is 0.242. The van der Waals surface area contributed by atoms with Gasteiger partial charge in [-0.3, -0.25) is 33.6 Å². The van der Waals surface area contributed by atoms with E-state index < -0.39 is 34.9 Å². The van der Waals surface area contributed by atoms with Gasteiger partial charge in [0, 0.05) is 87.2 Å². The molecule has 770 valence electrons. The SMILES string of the molecule is CC(=O)c1cc(F)ccc1Pc1cc(C(C)(C)C)cc(C)c1O.CC(=O)c1cc(F)ccc1Pc1cc(C)cc(C(C)(C)C)c1O.CC(=O)c1cc(F)ccc1Pc1cc(C)cc(C)c1O.CC(=O)c1cc(F)ccc1Pc1cc(C)ccc1O.CC(=O)c1cc(F)ccc1Pc1cccc(C)c1O.CC(=O)c1cc(F)ccc1Pc1ccccc1O.CC(=O)c1ccccc1Pc1cc(C(C)(C)C)cc(C(C)(C)C)c1O. The smallest absolute Gasteiger partial charge is 0.160 e. The van der Waals surface area contributed by atoms with Crippen LogP contribution in [-0.2, 0) is 21.7 Å². The van der Waals surface area contributed by atoms with E-state index >= 15 is 0 Å². The van der Waals surface area contributed by atoms with E-state index in [1.807, 2.05) is 159 Å². The lowest BCUT2D eigenvalue weighted by atomic mass is 9.80. The van der Waals surface area contributed by atoms with Crippen LogP contribution < -0.4 is 74.3 Å². The number of carbonyl (C=O) groups excluding carboxylic acids is 7. The number of Topliss-reactive ketones (excluding diaryl/α,β-unsaturated/α-hetero) is 7. The number of hydrogen-bond donors (Lipinski definition) is 7. The van der Waals surface area contributed by atoms with E-state index in [2.05, 4.69) is 74.4 Å². The highest BCUT2D eigenvalue weighted by molar-refractivity contribution is 7.58. The van der Waals surface area contributed by atoms with Crippen molar-refractivity contribution in [3.8, 4) is 40.2 Å². The van der Waals surface area contributed by atoms with Gasteiger partial charge in [0.25, 0.3) is 0 Å². The number of phenols is 7. The van der Waals surface area contributed by atoms with Crippen LogP contribution in [0.25, 0.3) is 0 Å². The Morgan fingerprint density at radius 2 is 0.463 bits per heavy atom. The van der Waals surface area contributed by atoms with Gasteiger partial charge in [0.1, 0.15) is 75.1 Å². The normalized spacial score (nSPS) is 11.7. The summed E-state index contributed by atoms with van der Waals surface area (Å²) < 4.78 is 79.6. The number of benzene rings is 14. The van der Waals surface area contributed by atoms with E-state index in [0.29, 0.717) is 39.1 Å². The molecule has 0 aliphatic heterocycles. The van der Waals surface area contributed by atoms with Crippen LogP contribution in [0.15, 0.2) is 243 Å². The van der Waals surface area contributed by atoms with Crippen LogP contribution in [0.5, 0.6) is 40.2 Å². The maximum atomic E-state index is 13.4. The second kappa shape index (κ2) is 52.7. The number of carbonyl (C=O) groups is 7. The zero-order valence-corrected chi connectivity index (χ0v) is 94.4. The fourth-order valence-corrected chi connectivity index (χ4v) is 24.5. The van der Waals surface area contributed by atoms with Gasteiger partial charge in [0.15, 0.2) is 40.5 Å². The molecule has 0 bridgehead atoms. The molecule has 14 rings (SSSR count). The average molecular weight is 2130 g/mol. The molecule has 0 saturated heterocycles. The van der Waals surface area contributed by atoms with E-state index in [9.17, 15) is 95.6 Å². The van der Waals surface area contributed by atoms with E-state index in [1.54, 1.807) is 67.6 Å². The Bertz CT molecular complexity index is 7130. The molecule has 0 radical (unpaired) electrons. The predicted molar refractivity (Wildman–Crippen MR) is 608 cm³/mol. The fourth-order valence-electron chi connectivity index (χ4n) is 15.0. The number of phenolic OH excluding ortho intramolecular Hbond substituents is 7. The first-order chi connectivity index (χ1) is 68.5. The molecule has 147 heavy (non-hydrogen) atoms. The number of para-hydroxylation sites is 2. The number of ketones is 7. The molecule has 0 aliphatic carbocycles. The third kappa shape index (κ3) is 34.8. The molecule has 14 aromatic rings. The van der Waals surface area contributed by atoms with Gasteiger partial charge in [-0.25, -0.2) is 26.3 Å². The molecule has 0 heterocycles. The summed E-state index contributed by atoms with van der Waals surface area (Å²) in [5, 5.41) is 82.6. The maximum absolute atomic E-state index is 13.4. The topological polar surface area (TPSA) is 261 Å². The van der Waals surface area contributed by atoms with Gasteiger partial charge >= 0.3 is 0 Å². The number of aromatic hydroxyl groups is 7. The van der Waals surface area contributed by atoms with Crippen molar-refractivity contribution in [1.29, 1.82) is 0 Å². The lowest BCUT2D eigenvalue weighted by molar-refractivity contribution is 0.101. The molecule has 0 aromatic heterocycles. The van der Waals surface area contributed by atoms with Crippen molar-refractivity contribution in [3.63, 3.8) is 0 Å². The Morgan fingerprint density at radius 1 is 0.204 bits per heavy atom. The zero-order chi connectivity index (χ0) is 110. The van der Waals surface area contributed by atoms with Gasteiger partial charge in [-0.05, 0) is 303 Å². The van der Waals surface area contributed by atoms with Gasteiger partial charge < -0.3 is 35.7 Å². The van der Waals surface area contributed by atoms with E-state index in [-0.39, 0.29) is 157 Å². The molecule has 0 fully saturated rings. The second-order valence-electron chi connectivity index (χ2n) is 39.8. The first kappa shape index (κ1) is 120. The highest BCUT2D eigenvalue weighted by Gasteiger charge is 2.29. The lowest BCUT2D eigenvalue weighted by Gasteiger charge is -2.27. The molecule has 14 aromatic carbocycles. The van der Waals surface area contributed by atoms with Gasteiger partial charge in [-0.15, -0.1) is 0 Å². The number of rotatable bonds is 21. The Hall–Kier alpha value is -12.0. The minimum atomic E-state index is -0.425. The Balaban J connectivity index is 0.000000210. The van der Waals surface area contributed by atoms with Crippen LogP contribution in [0.3, 0.4) is 0 Å². The third-order valence-electron chi connectivity index (χ3n) is 23.1. The summed E-state index contributed by atoms with van der Waals surface area (Å²) in [6, 6.07) is 66.6. The van der Waals surface area contributed by atoms with Crippen molar-refractivity contribution in [2.45, 2.75) is 195 Å². The average Bonchev–Trinajstić information content (AvgIpc) is 0.779. The highest BCUT2D eigenvalue weighted by atomic mass is 31.1. The van der Waals surface area contributed by atoms with E-state index in [0.717, 1.165) is 130 Å². The first-order valence-electron chi connectivity index (χ1n) is 47.1. The summed E-state index contributed by atoms with van der Waals surface area (Å²) in [7, 11) is 0.933. The van der Waals surface area contributed by atoms with Gasteiger partial charge in [-0.2, -0.15) is 0 Å². The summed E-state index contributed by atoms with van der Waals surface area (Å²) in [6.45, 7) is 46.9. The first-order valence-corrected chi connectivity index (χ1v) is 54.1. The molecule has 14 nitrogen and oxygen atoms in total.